The Bertz CT molecular complexity index is 617. The molecule has 5 heteroatoms. The molecule has 1 aromatic heterocycles. The van der Waals surface area contributed by atoms with Crippen LogP contribution in [0.2, 0.25) is 0 Å². The molecular weight excluding hydrogens is 296 g/mol. The van der Waals surface area contributed by atoms with Gasteiger partial charge in [-0.15, -0.1) is 11.3 Å². The van der Waals surface area contributed by atoms with Crippen LogP contribution < -0.4 is 0 Å². The lowest BCUT2D eigenvalue weighted by atomic mass is 10.1. The summed E-state index contributed by atoms with van der Waals surface area (Å²) in [6, 6.07) is 9.82. The third kappa shape index (κ3) is 5.24. The Balaban J connectivity index is 2.10. The Morgan fingerprint density at radius 2 is 2.00 bits per heavy atom. The molecule has 0 bridgehead atoms. The van der Waals surface area contributed by atoms with Gasteiger partial charge in [0, 0.05) is 18.5 Å². The fourth-order valence-corrected chi connectivity index (χ4v) is 2.87. The lowest BCUT2D eigenvalue weighted by molar-refractivity contribution is -0.134. The van der Waals surface area contributed by atoms with Crippen LogP contribution in [0.15, 0.2) is 35.7 Å². The Kier molecular flexibility index (Phi) is 5.32. The van der Waals surface area contributed by atoms with E-state index in [1.54, 1.807) is 30.1 Å². The standard InChI is InChI=1S/C17H22N2O2S/c1-13-18-15(11-22-13)9-16(20)19(12-17(2,3)21)10-14-7-5-4-6-8-14/h4-8,11,21H,9-10,12H2,1-3H3. The molecule has 0 saturated carbocycles. The molecule has 2 aromatic rings. The zero-order valence-electron chi connectivity index (χ0n) is 13.2. The largest absolute Gasteiger partial charge is 0.389 e. The number of aliphatic hydroxyl groups is 1. The monoisotopic (exact) mass is 318 g/mol. The SMILES string of the molecule is Cc1nc(CC(=O)N(Cc2ccccc2)CC(C)(C)O)cs1. The molecule has 0 spiro atoms. The van der Waals surface area contributed by atoms with Crippen LogP contribution in [0.5, 0.6) is 0 Å². The molecule has 0 atom stereocenters. The minimum absolute atomic E-state index is 0.0173. The predicted octanol–water partition coefficient (Wildman–Crippen LogP) is 2.79. The van der Waals surface area contributed by atoms with Crippen molar-refractivity contribution in [1.82, 2.24) is 9.88 Å². The highest BCUT2D eigenvalue weighted by molar-refractivity contribution is 7.09. The summed E-state index contributed by atoms with van der Waals surface area (Å²) in [7, 11) is 0. The van der Waals surface area contributed by atoms with Gasteiger partial charge in [0.2, 0.25) is 5.91 Å². The van der Waals surface area contributed by atoms with Crippen LogP contribution >= 0.6 is 11.3 Å². The van der Waals surface area contributed by atoms with E-state index < -0.39 is 5.60 Å². The highest BCUT2D eigenvalue weighted by Crippen LogP contribution is 2.14. The number of hydrogen-bond donors (Lipinski definition) is 1. The van der Waals surface area contributed by atoms with E-state index >= 15 is 0 Å². The van der Waals surface area contributed by atoms with Crippen LogP contribution in [0.1, 0.15) is 30.1 Å². The first-order valence-electron chi connectivity index (χ1n) is 7.28. The molecule has 1 amide bonds. The van der Waals surface area contributed by atoms with Crippen LogP contribution in [0.25, 0.3) is 0 Å². The van der Waals surface area contributed by atoms with Gasteiger partial charge >= 0.3 is 0 Å². The van der Waals surface area contributed by atoms with Crippen molar-refractivity contribution < 1.29 is 9.90 Å². The lowest BCUT2D eigenvalue weighted by Gasteiger charge is -2.29. The molecule has 22 heavy (non-hydrogen) atoms. The second kappa shape index (κ2) is 7.03. The van der Waals surface area contributed by atoms with E-state index in [0.717, 1.165) is 16.3 Å². The molecule has 0 radical (unpaired) electrons. The minimum Gasteiger partial charge on any atom is -0.389 e. The van der Waals surface area contributed by atoms with Gasteiger partial charge in [-0.05, 0) is 26.3 Å². The Morgan fingerprint density at radius 3 is 2.55 bits per heavy atom. The first kappa shape index (κ1) is 16.6. The van der Waals surface area contributed by atoms with Crippen molar-refractivity contribution in [2.45, 2.75) is 39.3 Å². The normalized spacial score (nSPS) is 11.5. The zero-order chi connectivity index (χ0) is 16.2. The molecule has 0 unspecified atom stereocenters. The zero-order valence-corrected chi connectivity index (χ0v) is 14.1. The number of aryl methyl sites for hydroxylation is 1. The summed E-state index contributed by atoms with van der Waals surface area (Å²) in [5.41, 5.74) is 0.915. The quantitative estimate of drug-likeness (QED) is 0.891. The van der Waals surface area contributed by atoms with Gasteiger partial charge in [0.15, 0.2) is 0 Å². The average molecular weight is 318 g/mol. The van der Waals surface area contributed by atoms with Gasteiger partial charge in [-0.3, -0.25) is 4.79 Å². The van der Waals surface area contributed by atoms with Crippen molar-refractivity contribution in [2.75, 3.05) is 6.54 Å². The maximum atomic E-state index is 12.6. The summed E-state index contributed by atoms with van der Waals surface area (Å²) in [4.78, 5) is 18.6. The number of carbonyl (C=O) groups is 1. The van der Waals surface area contributed by atoms with E-state index in [9.17, 15) is 9.90 Å². The predicted molar refractivity (Wildman–Crippen MR) is 88.7 cm³/mol. The number of aromatic nitrogens is 1. The number of carbonyl (C=O) groups excluding carboxylic acids is 1. The molecule has 4 nitrogen and oxygen atoms in total. The second-order valence-electron chi connectivity index (χ2n) is 6.08. The van der Waals surface area contributed by atoms with E-state index in [2.05, 4.69) is 4.98 Å². The number of amides is 1. The molecule has 2 rings (SSSR count). The number of hydrogen-bond acceptors (Lipinski definition) is 4. The van der Waals surface area contributed by atoms with Crippen molar-refractivity contribution in [1.29, 1.82) is 0 Å². The summed E-state index contributed by atoms with van der Waals surface area (Å²) >= 11 is 1.54. The van der Waals surface area contributed by atoms with Crippen LogP contribution in [-0.2, 0) is 17.8 Å². The summed E-state index contributed by atoms with van der Waals surface area (Å²) < 4.78 is 0. The van der Waals surface area contributed by atoms with Gasteiger partial charge in [-0.25, -0.2) is 4.98 Å². The number of rotatable bonds is 6. The molecular formula is C17H22N2O2S. The van der Waals surface area contributed by atoms with Crippen molar-refractivity contribution in [3.05, 3.63) is 52.0 Å². The molecule has 0 fully saturated rings. The summed E-state index contributed by atoms with van der Waals surface area (Å²) in [6.07, 6.45) is 0.271. The number of nitrogens with zero attached hydrogens (tertiary/aromatic N) is 2. The molecule has 118 valence electrons. The van der Waals surface area contributed by atoms with Crippen molar-refractivity contribution in [3.8, 4) is 0 Å². The third-order valence-corrected chi connectivity index (χ3v) is 3.97. The summed E-state index contributed by atoms with van der Waals surface area (Å²) in [5, 5.41) is 13.0. The Hall–Kier alpha value is -1.72. The fourth-order valence-electron chi connectivity index (χ4n) is 2.26. The maximum Gasteiger partial charge on any atom is 0.229 e. The van der Waals surface area contributed by atoms with E-state index in [1.165, 1.54) is 0 Å². The van der Waals surface area contributed by atoms with E-state index in [4.69, 9.17) is 0 Å². The van der Waals surface area contributed by atoms with Gasteiger partial charge in [0.25, 0.3) is 0 Å². The minimum atomic E-state index is -0.928. The molecule has 0 aliphatic heterocycles. The van der Waals surface area contributed by atoms with Crippen LogP contribution in [0.3, 0.4) is 0 Å². The lowest BCUT2D eigenvalue weighted by Crippen LogP contribution is -2.42. The molecule has 0 saturated heterocycles. The summed E-state index contributed by atoms with van der Waals surface area (Å²) in [6.45, 7) is 6.14. The Labute approximate surface area is 135 Å². The van der Waals surface area contributed by atoms with Crippen molar-refractivity contribution in [3.63, 3.8) is 0 Å². The molecule has 0 aliphatic carbocycles. The molecule has 1 N–H and O–H groups in total. The Morgan fingerprint density at radius 1 is 1.32 bits per heavy atom. The van der Waals surface area contributed by atoms with E-state index in [-0.39, 0.29) is 12.3 Å². The van der Waals surface area contributed by atoms with E-state index in [1.807, 2.05) is 42.6 Å². The first-order valence-corrected chi connectivity index (χ1v) is 8.16. The molecule has 1 aromatic carbocycles. The van der Waals surface area contributed by atoms with Crippen LogP contribution in [-0.4, -0.2) is 33.0 Å². The van der Waals surface area contributed by atoms with Gasteiger partial charge in [-0.2, -0.15) is 0 Å². The fraction of sp³-hybridized carbons (Fsp3) is 0.412. The molecule has 1 heterocycles. The molecule has 0 aliphatic rings. The van der Waals surface area contributed by atoms with Gasteiger partial charge in [-0.1, -0.05) is 30.3 Å². The highest BCUT2D eigenvalue weighted by Gasteiger charge is 2.23. The average Bonchev–Trinajstić information content (AvgIpc) is 2.83. The highest BCUT2D eigenvalue weighted by atomic mass is 32.1. The van der Waals surface area contributed by atoms with Crippen LogP contribution in [0.4, 0.5) is 0 Å². The number of benzene rings is 1. The third-order valence-electron chi connectivity index (χ3n) is 3.15. The van der Waals surface area contributed by atoms with Crippen molar-refractivity contribution >= 4 is 17.2 Å². The van der Waals surface area contributed by atoms with Crippen molar-refractivity contribution in [2.24, 2.45) is 0 Å². The van der Waals surface area contributed by atoms with Gasteiger partial charge < -0.3 is 10.0 Å². The first-order chi connectivity index (χ1) is 10.3. The van der Waals surface area contributed by atoms with Crippen LogP contribution in [0, 0.1) is 6.92 Å². The summed E-state index contributed by atoms with van der Waals surface area (Å²) in [5.74, 6) is -0.0173. The van der Waals surface area contributed by atoms with E-state index in [0.29, 0.717) is 13.1 Å². The smallest absolute Gasteiger partial charge is 0.229 e. The van der Waals surface area contributed by atoms with Gasteiger partial charge in [0.1, 0.15) is 0 Å². The topological polar surface area (TPSA) is 53.4 Å². The number of thiazole rings is 1. The van der Waals surface area contributed by atoms with Gasteiger partial charge in [0.05, 0.1) is 22.7 Å². The maximum absolute atomic E-state index is 12.6. The second-order valence-corrected chi connectivity index (χ2v) is 7.14.